The summed E-state index contributed by atoms with van der Waals surface area (Å²) < 4.78 is 0. The van der Waals surface area contributed by atoms with E-state index in [9.17, 15) is 9.59 Å². The van der Waals surface area contributed by atoms with Gasteiger partial charge in [0, 0.05) is 35.3 Å². The lowest BCUT2D eigenvalue weighted by molar-refractivity contribution is -0.144. The van der Waals surface area contributed by atoms with E-state index >= 15 is 0 Å². The van der Waals surface area contributed by atoms with Crippen LogP contribution in [-0.2, 0) is 9.59 Å². The summed E-state index contributed by atoms with van der Waals surface area (Å²) in [5.74, 6) is 0.193. The molecule has 0 aromatic heterocycles. The fraction of sp³-hybridized carbons (Fsp3) is 0.619. The summed E-state index contributed by atoms with van der Waals surface area (Å²) in [4.78, 5) is 26.4. The van der Waals surface area contributed by atoms with Gasteiger partial charge in [-0.1, -0.05) is 31.5 Å². The maximum Gasteiger partial charge on any atom is 0.234 e. The van der Waals surface area contributed by atoms with Crippen LogP contribution in [0.3, 0.4) is 0 Å². The Bertz CT molecular complexity index is 670. The van der Waals surface area contributed by atoms with E-state index < -0.39 is 0 Å². The number of benzene rings is 1. The highest BCUT2D eigenvalue weighted by atomic mass is 35.5. The van der Waals surface area contributed by atoms with Gasteiger partial charge in [-0.2, -0.15) is 0 Å². The third kappa shape index (κ3) is 5.94. The summed E-state index contributed by atoms with van der Waals surface area (Å²) in [6.45, 7) is 12.2. The molecule has 150 valence electrons. The Labute approximate surface area is 167 Å². The van der Waals surface area contributed by atoms with Crippen molar-refractivity contribution in [1.82, 2.24) is 10.2 Å². The fourth-order valence-corrected chi connectivity index (χ4v) is 4.11. The van der Waals surface area contributed by atoms with Crippen molar-refractivity contribution >= 4 is 29.1 Å². The number of nitrogens with zero attached hydrogens (tertiary/aromatic N) is 1. The van der Waals surface area contributed by atoms with Crippen LogP contribution in [0.2, 0.25) is 5.02 Å². The molecule has 1 aromatic carbocycles. The Morgan fingerprint density at radius 2 is 1.85 bits per heavy atom. The van der Waals surface area contributed by atoms with Crippen molar-refractivity contribution in [2.24, 2.45) is 11.3 Å². The molecule has 2 N–H and O–H groups in total. The molecule has 1 saturated carbocycles. The molecule has 3 rings (SSSR count). The first-order chi connectivity index (χ1) is 12.6. The number of anilines is 1. The molecular weight excluding hydrogens is 362 g/mol. The standard InChI is InChI=1S/C19H26ClN3O2.C2H6/c1-18(2,3)22-16(24)10-23-11-19(12-23)8-13(9-19)17(25)21-15-6-4-5-14(20)7-15;1-2/h4-7,13H,8-12H2,1-3H3,(H,21,25)(H,22,24);1-2H3. The Balaban J connectivity index is 0.00000126. The van der Waals surface area contributed by atoms with Gasteiger partial charge in [0.05, 0.1) is 6.54 Å². The number of rotatable bonds is 4. The maximum atomic E-state index is 12.3. The van der Waals surface area contributed by atoms with Crippen LogP contribution in [0.4, 0.5) is 5.69 Å². The van der Waals surface area contributed by atoms with Gasteiger partial charge in [-0.3, -0.25) is 14.5 Å². The molecule has 1 aromatic rings. The minimum Gasteiger partial charge on any atom is -0.350 e. The minimum absolute atomic E-state index is 0.0598. The molecule has 2 amide bonds. The molecule has 1 heterocycles. The average molecular weight is 394 g/mol. The molecule has 2 aliphatic rings. The van der Waals surface area contributed by atoms with E-state index in [0.717, 1.165) is 31.6 Å². The average Bonchev–Trinajstić information content (AvgIpc) is 2.48. The van der Waals surface area contributed by atoms with Gasteiger partial charge in [-0.15, -0.1) is 0 Å². The Morgan fingerprint density at radius 3 is 2.41 bits per heavy atom. The van der Waals surface area contributed by atoms with E-state index in [1.807, 2.05) is 46.8 Å². The topological polar surface area (TPSA) is 61.4 Å². The van der Waals surface area contributed by atoms with Crippen molar-refractivity contribution in [3.05, 3.63) is 29.3 Å². The highest BCUT2D eigenvalue weighted by Gasteiger charge is 2.54. The lowest BCUT2D eigenvalue weighted by Gasteiger charge is -2.58. The molecule has 1 aliphatic carbocycles. The molecule has 0 unspecified atom stereocenters. The predicted molar refractivity (Wildman–Crippen MR) is 111 cm³/mol. The molecule has 2 fully saturated rings. The van der Waals surface area contributed by atoms with Crippen molar-refractivity contribution in [2.45, 2.75) is 53.0 Å². The molecule has 1 spiro atoms. The van der Waals surface area contributed by atoms with Crippen LogP contribution in [0.5, 0.6) is 0 Å². The Kier molecular flexibility index (Phi) is 6.92. The molecule has 6 heteroatoms. The van der Waals surface area contributed by atoms with Crippen molar-refractivity contribution in [3.8, 4) is 0 Å². The van der Waals surface area contributed by atoms with E-state index in [1.54, 1.807) is 12.1 Å². The van der Waals surface area contributed by atoms with E-state index in [0.29, 0.717) is 11.6 Å². The molecule has 1 saturated heterocycles. The molecule has 5 nitrogen and oxygen atoms in total. The number of amides is 2. The zero-order chi connectivity index (χ0) is 20.2. The van der Waals surface area contributed by atoms with Crippen LogP contribution < -0.4 is 10.6 Å². The summed E-state index contributed by atoms with van der Waals surface area (Å²) in [6, 6.07) is 7.21. The lowest BCUT2D eigenvalue weighted by atomic mass is 9.57. The molecule has 1 aliphatic heterocycles. The van der Waals surface area contributed by atoms with Gasteiger partial charge in [-0.25, -0.2) is 0 Å². The first-order valence-corrected chi connectivity index (χ1v) is 10.1. The normalized spacial score (nSPS) is 18.6. The molecular formula is C21H32ClN3O2. The predicted octanol–water partition coefficient (Wildman–Crippen LogP) is 3.93. The van der Waals surface area contributed by atoms with Gasteiger partial charge < -0.3 is 10.6 Å². The first kappa shape index (κ1) is 21.7. The number of carbonyl (C=O) groups excluding carboxylic acids is 2. The largest absolute Gasteiger partial charge is 0.350 e. The van der Waals surface area contributed by atoms with Gasteiger partial charge in [-0.05, 0) is 57.2 Å². The van der Waals surface area contributed by atoms with E-state index in [4.69, 9.17) is 11.6 Å². The van der Waals surface area contributed by atoms with Crippen molar-refractivity contribution < 1.29 is 9.59 Å². The fourth-order valence-electron chi connectivity index (χ4n) is 3.91. The van der Waals surface area contributed by atoms with Crippen LogP contribution >= 0.6 is 11.6 Å². The molecule has 0 bridgehead atoms. The maximum absolute atomic E-state index is 12.3. The van der Waals surface area contributed by atoms with Crippen molar-refractivity contribution in [2.75, 3.05) is 25.0 Å². The summed E-state index contributed by atoms with van der Waals surface area (Å²) >= 11 is 5.94. The smallest absolute Gasteiger partial charge is 0.234 e. The van der Waals surface area contributed by atoms with Gasteiger partial charge >= 0.3 is 0 Å². The zero-order valence-corrected chi connectivity index (χ0v) is 17.8. The zero-order valence-electron chi connectivity index (χ0n) is 17.1. The molecule has 0 atom stereocenters. The van der Waals surface area contributed by atoms with Crippen LogP contribution in [0.25, 0.3) is 0 Å². The quantitative estimate of drug-likeness (QED) is 0.814. The van der Waals surface area contributed by atoms with E-state index in [-0.39, 0.29) is 28.7 Å². The first-order valence-electron chi connectivity index (χ1n) is 9.74. The summed E-state index contributed by atoms with van der Waals surface area (Å²) in [5, 5.41) is 6.54. The Hall–Kier alpha value is -1.59. The van der Waals surface area contributed by atoms with Gasteiger partial charge in [0.25, 0.3) is 0 Å². The summed E-state index contributed by atoms with van der Waals surface area (Å²) in [6.07, 6.45) is 1.80. The second-order valence-corrected chi connectivity index (χ2v) is 8.98. The summed E-state index contributed by atoms with van der Waals surface area (Å²) in [5.41, 5.74) is 0.783. The van der Waals surface area contributed by atoms with Crippen LogP contribution in [0.1, 0.15) is 47.5 Å². The third-order valence-electron chi connectivity index (χ3n) is 4.82. The van der Waals surface area contributed by atoms with Crippen LogP contribution in [-0.4, -0.2) is 41.9 Å². The van der Waals surface area contributed by atoms with Gasteiger partial charge in [0.15, 0.2) is 0 Å². The number of hydrogen-bond acceptors (Lipinski definition) is 3. The monoisotopic (exact) mass is 393 g/mol. The molecule has 0 radical (unpaired) electrons. The number of halogens is 1. The van der Waals surface area contributed by atoms with Crippen LogP contribution in [0.15, 0.2) is 24.3 Å². The third-order valence-corrected chi connectivity index (χ3v) is 5.06. The van der Waals surface area contributed by atoms with Gasteiger partial charge in [0.1, 0.15) is 0 Å². The van der Waals surface area contributed by atoms with Gasteiger partial charge in [0.2, 0.25) is 11.8 Å². The number of likely N-dealkylation sites (tertiary alicyclic amines) is 1. The second kappa shape index (κ2) is 8.61. The second-order valence-electron chi connectivity index (χ2n) is 8.55. The summed E-state index contributed by atoms with van der Waals surface area (Å²) in [7, 11) is 0. The highest BCUT2D eigenvalue weighted by molar-refractivity contribution is 6.30. The Morgan fingerprint density at radius 1 is 1.22 bits per heavy atom. The van der Waals surface area contributed by atoms with Crippen molar-refractivity contribution in [1.29, 1.82) is 0 Å². The van der Waals surface area contributed by atoms with Crippen molar-refractivity contribution in [3.63, 3.8) is 0 Å². The number of hydrogen-bond donors (Lipinski definition) is 2. The number of nitrogens with one attached hydrogen (secondary N) is 2. The SMILES string of the molecule is CC.CC(C)(C)NC(=O)CN1CC2(CC(C(=O)Nc3cccc(Cl)c3)C2)C1. The van der Waals surface area contributed by atoms with E-state index in [1.165, 1.54) is 0 Å². The minimum atomic E-state index is -0.195. The van der Waals surface area contributed by atoms with E-state index in [2.05, 4.69) is 15.5 Å². The number of carbonyl (C=O) groups is 2. The highest BCUT2D eigenvalue weighted by Crippen LogP contribution is 2.52. The lowest BCUT2D eigenvalue weighted by Crippen LogP contribution is -2.65. The van der Waals surface area contributed by atoms with Crippen LogP contribution in [0, 0.1) is 11.3 Å². The molecule has 27 heavy (non-hydrogen) atoms.